The fraction of sp³-hybridized carbons (Fsp3) is 0.348. The lowest BCUT2D eigenvalue weighted by molar-refractivity contribution is -0.139. The van der Waals surface area contributed by atoms with Crippen LogP contribution in [-0.4, -0.2) is 61.2 Å². The van der Waals surface area contributed by atoms with Crippen molar-refractivity contribution < 1.29 is 27.4 Å². The molecular weight excluding hydrogens is 451 g/mol. The minimum Gasteiger partial charge on any atom is -0.493 e. The van der Waals surface area contributed by atoms with Crippen LogP contribution in [0.5, 0.6) is 11.5 Å². The predicted octanol–water partition coefficient (Wildman–Crippen LogP) is 4.08. The largest absolute Gasteiger partial charge is 0.493 e. The maximum atomic E-state index is 13.8. The van der Waals surface area contributed by atoms with Crippen molar-refractivity contribution in [3.63, 3.8) is 0 Å². The topological polar surface area (TPSA) is 79.8 Å². The molecule has 1 aromatic heterocycles. The van der Waals surface area contributed by atoms with Gasteiger partial charge in [-0.15, -0.1) is 0 Å². The lowest BCUT2D eigenvalue weighted by Crippen LogP contribution is -2.48. The molecule has 11 heteroatoms. The maximum Gasteiger partial charge on any atom is 0.434 e. The molecule has 0 saturated carbocycles. The second-order valence-corrected chi connectivity index (χ2v) is 7.78. The summed E-state index contributed by atoms with van der Waals surface area (Å²) >= 11 is 0. The van der Waals surface area contributed by atoms with Crippen LogP contribution in [0.2, 0.25) is 0 Å². The third-order valence-corrected chi connectivity index (χ3v) is 5.68. The van der Waals surface area contributed by atoms with Crippen molar-refractivity contribution in [2.24, 2.45) is 0 Å². The summed E-state index contributed by atoms with van der Waals surface area (Å²) in [5.74, 6) is 0.297. The highest BCUT2D eigenvalue weighted by Crippen LogP contribution is 2.39. The van der Waals surface area contributed by atoms with E-state index in [1.807, 2.05) is 12.1 Å². The Morgan fingerprint density at radius 3 is 2.15 bits per heavy atom. The average Bonchev–Trinajstić information content (AvgIpc) is 2.82. The highest BCUT2D eigenvalue weighted by atomic mass is 19.4. The summed E-state index contributed by atoms with van der Waals surface area (Å²) in [6.07, 6.45) is -4.69. The molecule has 3 aromatic rings. The molecule has 1 aliphatic rings. The van der Waals surface area contributed by atoms with E-state index < -0.39 is 11.9 Å². The normalized spacial score (nSPS) is 14.3. The minimum absolute atomic E-state index is 0.0591. The highest BCUT2D eigenvalue weighted by molar-refractivity contribution is 5.86. The number of fused-ring (bicyclic) bond motifs is 1. The fourth-order valence-corrected chi connectivity index (χ4v) is 3.89. The van der Waals surface area contributed by atoms with E-state index in [1.54, 1.807) is 24.0 Å². The Kier molecular flexibility index (Phi) is 6.36. The summed E-state index contributed by atoms with van der Waals surface area (Å²) in [4.78, 5) is 23.5. The average molecular weight is 475 g/mol. The molecule has 0 bridgehead atoms. The van der Waals surface area contributed by atoms with E-state index in [0.29, 0.717) is 31.9 Å². The van der Waals surface area contributed by atoms with Crippen LogP contribution < -0.4 is 19.7 Å². The van der Waals surface area contributed by atoms with Gasteiger partial charge in [0, 0.05) is 55.9 Å². The molecule has 0 spiro atoms. The number of ether oxygens (including phenoxy) is 2. The number of piperazine rings is 1. The second kappa shape index (κ2) is 9.24. The van der Waals surface area contributed by atoms with E-state index in [2.05, 4.69) is 20.2 Å². The summed E-state index contributed by atoms with van der Waals surface area (Å²) in [6, 6.07) is 9.85. The molecular formula is C23H24F3N5O3. The zero-order chi connectivity index (χ0) is 24.5. The number of aromatic nitrogens is 2. The smallest absolute Gasteiger partial charge is 0.434 e. The van der Waals surface area contributed by atoms with Gasteiger partial charge in [-0.25, -0.2) is 9.97 Å². The van der Waals surface area contributed by atoms with Crippen LogP contribution in [0.1, 0.15) is 12.6 Å². The standard InChI is InChI=1S/C23H24F3N5O3/c1-14(32)30-8-10-31(11-9-30)16-6-4-15(5-7-16)27-22-28-18-13-20(34-3)19(33-2)12-17(18)21(29-22)23(24,25)26/h4-7,12-13H,8-11H2,1-3H3,(H,27,28,29). The van der Waals surface area contributed by atoms with Crippen molar-refractivity contribution in [3.05, 3.63) is 42.1 Å². The lowest BCUT2D eigenvalue weighted by atomic mass is 10.1. The van der Waals surface area contributed by atoms with E-state index in [9.17, 15) is 18.0 Å². The van der Waals surface area contributed by atoms with Crippen LogP contribution >= 0.6 is 0 Å². The predicted molar refractivity (Wildman–Crippen MR) is 122 cm³/mol. The number of nitrogens with one attached hydrogen (secondary N) is 1. The lowest BCUT2D eigenvalue weighted by Gasteiger charge is -2.35. The van der Waals surface area contributed by atoms with E-state index in [4.69, 9.17) is 9.47 Å². The molecule has 2 aromatic carbocycles. The van der Waals surface area contributed by atoms with Gasteiger partial charge in [0.05, 0.1) is 19.7 Å². The van der Waals surface area contributed by atoms with Gasteiger partial charge >= 0.3 is 6.18 Å². The molecule has 0 radical (unpaired) electrons. The van der Waals surface area contributed by atoms with Crippen molar-refractivity contribution in [1.82, 2.24) is 14.9 Å². The van der Waals surface area contributed by atoms with Gasteiger partial charge in [0.15, 0.2) is 17.2 Å². The van der Waals surface area contributed by atoms with Crippen molar-refractivity contribution in [2.45, 2.75) is 13.1 Å². The number of hydrogen-bond acceptors (Lipinski definition) is 7. The summed E-state index contributed by atoms with van der Waals surface area (Å²) in [5, 5.41) is 2.68. The van der Waals surface area contributed by atoms with Crippen molar-refractivity contribution in [2.75, 3.05) is 50.6 Å². The number of hydrogen-bond donors (Lipinski definition) is 1. The number of nitrogens with zero attached hydrogens (tertiary/aromatic N) is 4. The van der Waals surface area contributed by atoms with Gasteiger partial charge in [-0.3, -0.25) is 4.79 Å². The molecule has 0 unspecified atom stereocenters. The number of halogens is 3. The summed E-state index contributed by atoms with van der Waals surface area (Å²) in [6.45, 7) is 4.27. The first-order valence-corrected chi connectivity index (χ1v) is 10.6. The number of anilines is 3. The third kappa shape index (κ3) is 4.78. The monoisotopic (exact) mass is 475 g/mol. The van der Waals surface area contributed by atoms with Crippen molar-refractivity contribution in [1.29, 1.82) is 0 Å². The third-order valence-electron chi connectivity index (χ3n) is 5.68. The Balaban J connectivity index is 1.60. The number of amides is 1. The maximum absolute atomic E-state index is 13.8. The van der Waals surface area contributed by atoms with E-state index in [-0.39, 0.29) is 34.3 Å². The van der Waals surface area contributed by atoms with Crippen LogP contribution in [0.3, 0.4) is 0 Å². The number of alkyl halides is 3. The highest BCUT2D eigenvalue weighted by Gasteiger charge is 2.36. The number of carbonyl (C=O) groups excluding carboxylic acids is 1. The van der Waals surface area contributed by atoms with Crippen LogP contribution in [0.4, 0.5) is 30.5 Å². The van der Waals surface area contributed by atoms with Crippen molar-refractivity contribution >= 4 is 34.1 Å². The molecule has 1 N–H and O–H groups in total. The zero-order valence-corrected chi connectivity index (χ0v) is 18.9. The molecule has 4 rings (SSSR count). The first-order valence-electron chi connectivity index (χ1n) is 10.6. The number of carbonyl (C=O) groups is 1. The quantitative estimate of drug-likeness (QED) is 0.596. The van der Waals surface area contributed by atoms with Gasteiger partial charge in [0.2, 0.25) is 11.9 Å². The van der Waals surface area contributed by atoms with E-state index >= 15 is 0 Å². The van der Waals surface area contributed by atoms with Gasteiger partial charge in [-0.2, -0.15) is 13.2 Å². The van der Waals surface area contributed by atoms with Crippen LogP contribution in [0, 0.1) is 0 Å². The second-order valence-electron chi connectivity index (χ2n) is 7.78. The van der Waals surface area contributed by atoms with Crippen LogP contribution in [-0.2, 0) is 11.0 Å². The van der Waals surface area contributed by atoms with E-state index in [1.165, 1.54) is 26.4 Å². The summed E-state index contributed by atoms with van der Waals surface area (Å²) in [7, 11) is 2.75. The summed E-state index contributed by atoms with van der Waals surface area (Å²) < 4.78 is 51.6. The molecule has 180 valence electrons. The molecule has 8 nitrogen and oxygen atoms in total. The van der Waals surface area contributed by atoms with Gasteiger partial charge in [0.25, 0.3) is 0 Å². The Labute approximate surface area is 194 Å². The molecule has 1 aliphatic heterocycles. The number of benzene rings is 2. The fourth-order valence-electron chi connectivity index (χ4n) is 3.89. The molecule has 34 heavy (non-hydrogen) atoms. The van der Waals surface area contributed by atoms with E-state index in [0.717, 1.165) is 5.69 Å². The Morgan fingerprint density at radius 1 is 0.971 bits per heavy atom. The minimum atomic E-state index is -4.69. The van der Waals surface area contributed by atoms with Gasteiger partial charge < -0.3 is 24.6 Å². The first kappa shape index (κ1) is 23.4. The summed E-state index contributed by atoms with van der Waals surface area (Å²) in [5.41, 5.74) is 0.503. The molecule has 1 fully saturated rings. The Hall–Kier alpha value is -3.76. The van der Waals surface area contributed by atoms with Gasteiger partial charge in [-0.1, -0.05) is 0 Å². The van der Waals surface area contributed by atoms with Crippen LogP contribution in [0.25, 0.3) is 10.9 Å². The van der Waals surface area contributed by atoms with Crippen LogP contribution in [0.15, 0.2) is 36.4 Å². The SMILES string of the molecule is COc1cc2nc(Nc3ccc(N4CCN(C(C)=O)CC4)cc3)nc(C(F)(F)F)c2cc1OC. The van der Waals surface area contributed by atoms with Gasteiger partial charge in [-0.05, 0) is 30.3 Å². The number of methoxy groups -OCH3 is 2. The molecule has 0 atom stereocenters. The molecule has 1 amide bonds. The number of rotatable bonds is 5. The van der Waals surface area contributed by atoms with Gasteiger partial charge in [0.1, 0.15) is 0 Å². The molecule has 1 saturated heterocycles. The molecule has 0 aliphatic carbocycles. The molecule has 2 heterocycles. The zero-order valence-electron chi connectivity index (χ0n) is 18.9. The Bertz CT molecular complexity index is 1190. The Morgan fingerprint density at radius 2 is 1.59 bits per heavy atom. The van der Waals surface area contributed by atoms with Crippen molar-refractivity contribution in [3.8, 4) is 11.5 Å². The first-order chi connectivity index (χ1) is 16.2.